The number of benzene rings is 2. The van der Waals surface area contributed by atoms with Crippen molar-refractivity contribution in [2.24, 2.45) is 0 Å². The second kappa shape index (κ2) is 9.21. The Labute approximate surface area is 198 Å². The van der Waals surface area contributed by atoms with Crippen LogP contribution in [0.4, 0.5) is 24.8 Å². The first-order chi connectivity index (χ1) is 14.3. The van der Waals surface area contributed by atoms with Gasteiger partial charge in [0.25, 0.3) is 0 Å². The molecule has 2 heterocycles. The topological polar surface area (TPSA) is 73.8 Å². The molecule has 0 unspecified atom stereocenters. The summed E-state index contributed by atoms with van der Waals surface area (Å²) in [5, 5.41) is 16.4. The maximum atomic E-state index is 13.3. The maximum absolute atomic E-state index is 13.3. The van der Waals surface area contributed by atoms with Crippen molar-refractivity contribution in [3.05, 3.63) is 83.3 Å². The van der Waals surface area contributed by atoms with Crippen molar-refractivity contribution in [2.45, 2.75) is 19.5 Å². The van der Waals surface area contributed by atoms with Gasteiger partial charge in [0, 0.05) is 23.8 Å². The van der Waals surface area contributed by atoms with Crippen LogP contribution >= 0.6 is 0 Å². The zero-order valence-corrected chi connectivity index (χ0v) is 18.9. The van der Waals surface area contributed by atoms with Crippen molar-refractivity contribution in [3.63, 3.8) is 0 Å². The Morgan fingerprint density at radius 2 is 1.74 bits per heavy atom. The van der Waals surface area contributed by atoms with Crippen molar-refractivity contribution >= 4 is 22.5 Å². The number of pyridine rings is 1. The molecular weight excluding hydrogens is 416 g/mol. The van der Waals surface area contributed by atoms with Gasteiger partial charge < -0.3 is 10.4 Å². The standard InChI is InChI=1S/C22H17F3N4O.Na/c1-13-8-10-27-21(28-13)29-18-12-17(22(23,24)25)7-6-15(18)11-16-5-4-14-3-2-9-26-19(14)20(16)30;/h2-10,12,30H,11H2,1H3,(H,27,28,29);/q;+1/p-1. The molecule has 0 bridgehead atoms. The molecule has 4 aromatic rings. The Morgan fingerprint density at radius 3 is 2.48 bits per heavy atom. The largest absolute Gasteiger partial charge is 1.00 e. The van der Waals surface area contributed by atoms with Crippen molar-refractivity contribution < 1.29 is 47.8 Å². The van der Waals surface area contributed by atoms with E-state index < -0.39 is 11.7 Å². The van der Waals surface area contributed by atoms with Crippen LogP contribution in [0.1, 0.15) is 22.4 Å². The first kappa shape index (κ1) is 23.0. The molecule has 0 aliphatic carbocycles. The zero-order valence-electron chi connectivity index (χ0n) is 16.9. The summed E-state index contributed by atoms with van der Waals surface area (Å²) in [6.07, 6.45) is -1.31. The Morgan fingerprint density at radius 1 is 0.968 bits per heavy atom. The maximum Gasteiger partial charge on any atom is 1.00 e. The summed E-state index contributed by atoms with van der Waals surface area (Å²) >= 11 is 0. The van der Waals surface area contributed by atoms with Crippen LogP contribution in [0.15, 0.2) is 60.9 Å². The molecule has 0 atom stereocenters. The van der Waals surface area contributed by atoms with Crippen LogP contribution in [0.2, 0.25) is 0 Å². The molecule has 0 saturated carbocycles. The molecule has 4 rings (SSSR count). The van der Waals surface area contributed by atoms with E-state index in [1.54, 1.807) is 37.3 Å². The Kier molecular flexibility index (Phi) is 6.83. The van der Waals surface area contributed by atoms with Gasteiger partial charge in [-0.1, -0.05) is 30.0 Å². The molecule has 2 aromatic carbocycles. The van der Waals surface area contributed by atoms with E-state index in [2.05, 4.69) is 20.3 Å². The smallest absolute Gasteiger partial charge is 0.871 e. The summed E-state index contributed by atoms with van der Waals surface area (Å²) in [5.41, 5.74) is 1.34. The second-order valence-corrected chi connectivity index (χ2v) is 6.82. The van der Waals surface area contributed by atoms with Gasteiger partial charge in [0.2, 0.25) is 5.95 Å². The predicted octanol–water partition coefficient (Wildman–Crippen LogP) is 1.76. The molecule has 9 heteroatoms. The van der Waals surface area contributed by atoms with Gasteiger partial charge in [0.05, 0.1) is 11.1 Å². The van der Waals surface area contributed by atoms with Gasteiger partial charge >= 0.3 is 35.7 Å². The van der Waals surface area contributed by atoms with Gasteiger partial charge in [-0.2, -0.15) is 13.2 Å². The third-order valence-corrected chi connectivity index (χ3v) is 4.67. The normalized spacial score (nSPS) is 11.2. The monoisotopic (exact) mass is 432 g/mol. The fourth-order valence-corrected chi connectivity index (χ4v) is 3.16. The van der Waals surface area contributed by atoms with E-state index in [9.17, 15) is 18.3 Å². The van der Waals surface area contributed by atoms with Crippen LogP contribution in [0.25, 0.3) is 10.9 Å². The summed E-state index contributed by atoms with van der Waals surface area (Å²) in [5.74, 6) is -0.0659. The minimum atomic E-state index is -4.50. The summed E-state index contributed by atoms with van der Waals surface area (Å²) in [6.45, 7) is 1.76. The van der Waals surface area contributed by atoms with Gasteiger partial charge in [-0.05, 0) is 54.1 Å². The van der Waals surface area contributed by atoms with Crippen molar-refractivity contribution in [3.8, 4) is 5.75 Å². The molecule has 0 fully saturated rings. The van der Waals surface area contributed by atoms with Crippen molar-refractivity contribution in [1.82, 2.24) is 15.0 Å². The molecule has 5 nitrogen and oxygen atoms in total. The molecule has 152 valence electrons. The summed E-state index contributed by atoms with van der Waals surface area (Å²) in [4.78, 5) is 12.4. The quantitative estimate of drug-likeness (QED) is 0.498. The average molecular weight is 432 g/mol. The number of nitrogens with zero attached hydrogens (tertiary/aromatic N) is 3. The molecule has 0 saturated heterocycles. The fraction of sp³-hybridized carbons (Fsp3) is 0.136. The van der Waals surface area contributed by atoms with E-state index in [4.69, 9.17) is 0 Å². The molecular formula is C22H16F3N4NaO. The van der Waals surface area contributed by atoms with Crippen molar-refractivity contribution in [2.75, 3.05) is 5.32 Å². The number of hydrogen-bond donors (Lipinski definition) is 1. The zero-order chi connectivity index (χ0) is 21.3. The average Bonchev–Trinajstić information content (AvgIpc) is 2.71. The van der Waals surface area contributed by atoms with Gasteiger partial charge in [0.15, 0.2) is 0 Å². The number of nitrogens with one attached hydrogen (secondary N) is 1. The predicted molar refractivity (Wildman–Crippen MR) is 105 cm³/mol. The van der Waals surface area contributed by atoms with E-state index in [0.717, 1.165) is 12.1 Å². The van der Waals surface area contributed by atoms with Gasteiger partial charge in [-0.3, -0.25) is 4.98 Å². The summed E-state index contributed by atoms with van der Waals surface area (Å²) in [6, 6.07) is 12.0. The molecule has 0 spiro atoms. The molecule has 0 aliphatic heterocycles. The second-order valence-electron chi connectivity index (χ2n) is 6.82. The summed E-state index contributed by atoms with van der Waals surface area (Å²) < 4.78 is 39.8. The van der Waals surface area contributed by atoms with Gasteiger partial charge in [0.1, 0.15) is 0 Å². The van der Waals surface area contributed by atoms with Gasteiger partial charge in [-0.15, -0.1) is 0 Å². The van der Waals surface area contributed by atoms with E-state index in [-0.39, 0.29) is 53.4 Å². The van der Waals surface area contributed by atoms with Crippen LogP contribution in [0, 0.1) is 6.92 Å². The van der Waals surface area contributed by atoms with Crippen LogP contribution in [0.5, 0.6) is 5.75 Å². The number of anilines is 2. The number of aromatic nitrogens is 3. The number of fused-ring (bicyclic) bond motifs is 1. The number of aryl methyl sites for hydroxylation is 1. The van der Waals surface area contributed by atoms with E-state index >= 15 is 0 Å². The Hall–Kier alpha value is -2.68. The Bertz CT molecular complexity index is 1230. The number of halogens is 3. The van der Waals surface area contributed by atoms with Gasteiger partial charge in [-0.25, -0.2) is 9.97 Å². The van der Waals surface area contributed by atoms with Crippen LogP contribution in [0.3, 0.4) is 0 Å². The third kappa shape index (κ3) is 5.15. The fourth-order valence-electron chi connectivity index (χ4n) is 3.16. The molecule has 0 aliphatic rings. The van der Waals surface area contributed by atoms with Crippen LogP contribution in [-0.2, 0) is 12.6 Å². The van der Waals surface area contributed by atoms with E-state index in [0.29, 0.717) is 27.7 Å². The number of rotatable bonds is 4. The molecule has 1 N–H and O–H groups in total. The molecule has 0 amide bonds. The van der Waals surface area contributed by atoms with E-state index in [1.165, 1.54) is 18.5 Å². The number of hydrogen-bond acceptors (Lipinski definition) is 5. The van der Waals surface area contributed by atoms with Crippen LogP contribution in [-0.4, -0.2) is 15.0 Å². The minimum Gasteiger partial charge on any atom is -0.871 e. The molecule has 0 radical (unpaired) electrons. The van der Waals surface area contributed by atoms with Crippen molar-refractivity contribution in [1.29, 1.82) is 0 Å². The summed E-state index contributed by atoms with van der Waals surface area (Å²) in [7, 11) is 0. The third-order valence-electron chi connectivity index (χ3n) is 4.67. The Balaban J connectivity index is 0.00000272. The van der Waals surface area contributed by atoms with E-state index in [1.807, 2.05) is 0 Å². The van der Waals surface area contributed by atoms with Crippen LogP contribution < -0.4 is 40.0 Å². The SMILES string of the molecule is Cc1ccnc(Nc2cc(C(F)(F)F)ccc2Cc2ccc3cccnc3c2[O-])n1.[Na+]. The first-order valence-electron chi connectivity index (χ1n) is 9.12. The minimum absolute atomic E-state index is 0. The molecule has 2 aromatic heterocycles. The molecule has 31 heavy (non-hydrogen) atoms. The first-order valence-corrected chi connectivity index (χ1v) is 9.12. The number of alkyl halides is 3.